The number of carbonyl (C=O) groups excluding carboxylic acids is 2. The molecule has 1 aromatic rings. The van der Waals surface area contributed by atoms with E-state index in [4.69, 9.17) is 16.3 Å². The van der Waals surface area contributed by atoms with Crippen LogP contribution in [0.25, 0.3) is 0 Å². The Morgan fingerprint density at radius 3 is 2.48 bits per heavy atom. The van der Waals surface area contributed by atoms with Crippen LogP contribution >= 0.6 is 23.4 Å². The number of rotatable bonds is 7. The molecule has 0 aliphatic heterocycles. The predicted molar refractivity (Wildman–Crippen MR) is 101 cm³/mol. The Labute approximate surface area is 157 Å². The minimum absolute atomic E-state index is 0.0472. The number of anilines is 1. The van der Waals surface area contributed by atoms with E-state index in [1.165, 1.54) is 17.8 Å². The van der Waals surface area contributed by atoms with Crippen molar-refractivity contribution in [2.45, 2.75) is 57.6 Å². The molecule has 4 nitrogen and oxygen atoms in total. The molecule has 1 amide bonds. The first kappa shape index (κ1) is 21.8. The molecule has 0 spiro atoms. The lowest BCUT2D eigenvalue weighted by Gasteiger charge is -2.19. The number of hydrogen-bond acceptors (Lipinski definition) is 4. The molecule has 0 fully saturated rings. The van der Waals surface area contributed by atoms with Crippen LogP contribution in [-0.4, -0.2) is 23.7 Å². The first-order chi connectivity index (χ1) is 11.6. The van der Waals surface area contributed by atoms with Gasteiger partial charge in [0.05, 0.1) is 17.3 Å². The van der Waals surface area contributed by atoms with Crippen LogP contribution < -0.4 is 5.32 Å². The zero-order chi connectivity index (χ0) is 19.2. The molecule has 1 atom stereocenters. The van der Waals surface area contributed by atoms with Crippen molar-refractivity contribution < 1.29 is 18.7 Å². The number of nitrogens with one attached hydrogen (secondary N) is 1. The Bertz CT molecular complexity index is 631. The van der Waals surface area contributed by atoms with Crippen LogP contribution in [0.3, 0.4) is 0 Å². The minimum atomic E-state index is -0.658. The van der Waals surface area contributed by atoms with E-state index in [1.807, 2.05) is 6.92 Å². The lowest BCUT2D eigenvalue weighted by Crippen LogP contribution is -2.28. The maximum atomic E-state index is 14.1. The van der Waals surface area contributed by atoms with Gasteiger partial charge in [0.1, 0.15) is 11.1 Å². The van der Waals surface area contributed by atoms with E-state index < -0.39 is 16.5 Å². The third-order valence-electron chi connectivity index (χ3n) is 3.32. The number of carbonyl (C=O) groups is 2. The summed E-state index contributed by atoms with van der Waals surface area (Å²) in [6.07, 6.45) is 1.41. The van der Waals surface area contributed by atoms with E-state index in [1.54, 1.807) is 27.7 Å². The van der Waals surface area contributed by atoms with Gasteiger partial charge in [0, 0.05) is 10.3 Å². The highest BCUT2D eigenvalue weighted by Crippen LogP contribution is 2.36. The second kappa shape index (κ2) is 9.43. The summed E-state index contributed by atoms with van der Waals surface area (Å²) in [4.78, 5) is 24.7. The predicted octanol–water partition coefficient (Wildman–Crippen LogP) is 5.29. The highest BCUT2D eigenvalue weighted by molar-refractivity contribution is 8.00. The van der Waals surface area contributed by atoms with E-state index in [9.17, 15) is 14.0 Å². The fourth-order valence-electron chi connectivity index (χ4n) is 1.90. The molecule has 7 heteroatoms. The van der Waals surface area contributed by atoms with Crippen LogP contribution in [0.15, 0.2) is 17.0 Å². The molecule has 1 rings (SSSR count). The average Bonchev–Trinajstić information content (AvgIpc) is 2.50. The topological polar surface area (TPSA) is 55.4 Å². The van der Waals surface area contributed by atoms with Crippen LogP contribution in [-0.2, 0) is 14.3 Å². The summed E-state index contributed by atoms with van der Waals surface area (Å²) in [6.45, 7) is 9.23. The molecular weight excluding hydrogens is 365 g/mol. The Morgan fingerprint density at radius 2 is 1.96 bits per heavy atom. The normalized spacial score (nSPS) is 12.6. The summed E-state index contributed by atoms with van der Waals surface area (Å²) in [5, 5.41) is 2.34. The van der Waals surface area contributed by atoms with Gasteiger partial charge in [-0.25, -0.2) is 4.39 Å². The van der Waals surface area contributed by atoms with Crippen LogP contribution in [0.5, 0.6) is 0 Å². The first-order valence-corrected chi connectivity index (χ1v) is 9.49. The Hall–Kier alpha value is -1.27. The molecule has 0 radical (unpaired) electrons. The third kappa shape index (κ3) is 6.51. The second-order valence-corrected chi connectivity index (χ2v) is 8.27. The molecule has 0 aromatic heterocycles. The van der Waals surface area contributed by atoms with Crippen LogP contribution in [0.4, 0.5) is 10.1 Å². The van der Waals surface area contributed by atoms with Gasteiger partial charge in [-0.1, -0.05) is 45.7 Å². The molecular formula is C18H25ClFNO3S. The van der Waals surface area contributed by atoms with E-state index in [-0.39, 0.29) is 22.6 Å². The van der Waals surface area contributed by atoms with Crippen molar-refractivity contribution in [1.29, 1.82) is 0 Å². The van der Waals surface area contributed by atoms with Gasteiger partial charge in [0.2, 0.25) is 5.91 Å². The van der Waals surface area contributed by atoms with Gasteiger partial charge in [-0.3, -0.25) is 9.59 Å². The van der Waals surface area contributed by atoms with Crippen molar-refractivity contribution in [3.63, 3.8) is 0 Å². The Balaban J connectivity index is 3.08. The van der Waals surface area contributed by atoms with E-state index in [2.05, 4.69) is 5.32 Å². The molecule has 140 valence electrons. The Kier molecular flexibility index (Phi) is 8.22. The standard InChI is InChI=1S/C18H25ClFNO3S/c1-6-8-14(16(22)24-7-2)25-15-10-13(12(20)9-11(15)19)21-17(23)18(3,4)5/h9-10,14H,6-8H2,1-5H3,(H,21,23). The maximum absolute atomic E-state index is 14.1. The molecule has 0 saturated heterocycles. The number of amides is 1. The van der Waals surface area contributed by atoms with Crippen molar-refractivity contribution in [3.8, 4) is 0 Å². The summed E-state index contributed by atoms with van der Waals surface area (Å²) in [5.41, 5.74) is -0.611. The van der Waals surface area contributed by atoms with Gasteiger partial charge in [-0.15, -0.1) is 11.8 Å². The van der Waals surface area contributed by atoms with Gasteiger partial charge in [0.15, 0.2) is 0 Å². The monoisotopic (exact) mass is 389 g/mol. The smallest absolute Gasteiger partial charge is 0.319 e. The van der Waals surface area contributed by atoms with E-state index in [0.29, 0.717) is 17.9 Å². The molecule has 0 aliphatic carbocycles. The summed E-state index contributed by atoms with van der Waals surface area (Å²) in [6, 6.07) is 2.62. The molecule has 0 aliphatic rings. The van der Waals surface area contributed by atoms with Crippen molar-refractivity contribution in [2.24, 2.45) is 5.41 Å². The summed E-state index contributed by atoms with van der Waals surface area (Å²) < 4.78 is 19.2. The number of benzene rings is 1. The SMILES string of the molecule is CCCC(Sc1cc(NC(=O)C(C)(C)C)c(F)cc1Cl)C(=O)OCC. The van der Waals surface area contributed by atoms with Gasteiger partial charge in [-0.05, 0) is 25.5 Å². The van der Waals surface area contributed by atoms with Crippen LogP contribution in [0, 0.1) is 11.2 Å². The number of thioether (sulfide) groups is 1. The molecule has 1 aromatic carbocycles. The maximum Gasteiger partial charge on any atom is 0.319 e. The zero-order valence-corrected chi connectivity index (χ0v) is 16.8. The molecule has 0 bridgehead atoms. The third-order valence-corrected chi connectivity index (χ3v) is 5.05. The minimum Gasteiger partial charge on any atom is -0.465 e. The van der Waals surface area contributed by atoms with Crippen LogP contribution in [0.2, 0.25) is 5.02 Å². The van der Waals surface area contributed by atoms with Gasteiger partial charge < -0.3 is 10.1 Å². The number of esters is 1. The lowest BCUT2D eigenvalue weighted by atomic mass is 9.95. The van der Waals surface area contributed by atoms with Crippen molar-refractivity contribution in [2.75, 3.05) is 11.9 Å². The summed E-state index contributed by atoms with van der Waals surface area (Å²) in [7, 11) is 0. The molecule has 0 heterocycles. The fourth-order valence-corrected chi connectivity index (χ4v) is 3.37. The number of halogens is 2. The highest BCUT2D eigenvalue weighted by atomic mass is 35.5. The Morgan fingerprint density at radius 1 is 1.32 bits per heavy atom. The quantitative estimate of drug-likeness (QED) is 0.508. The molecule has 0 saturated carbocycles. The summed E-state index contributed by atoms with van der Waals surface area (Å²) in [5.74, 6) is -1.25. The number of ether oxygens (including phenoxy) is 1. The van der Waals surface area contributed by atoms with Crippen molar-refractivity contribution in [3.05, 3.63) is 23.0 Å². The van der Waals surface area contributed by atoms with Crippen molar-refractivity contribution >= 4 is 40.9 Å². The van der Waals surface area contributed by atoms with E-state index in [0.717, 1.165) is 12.5 Å². The zero-order valence-electron chi connectivity index (χ0n) is 15.2. The largest absolute Gasteiger partial charge is 0.465 e. The number of hydrogen-bond donors (Lipinski definition) is 1. The molecule has 1 unspecified atom stereocenters. The lowest BCUT2D eigenvalue weighted by molar-refractivity contribution is -0.142. The molecule has 25 heavy (non-hydrogen) atoms. The highest BCUT2D eigenvalue weighted by Gasteiger charge is 2.25. The summed E-state index contributed by atoms with van der Waals surface area (Å²) >= 11 is 7.35. The second-order valence-electron chi connectivity index (χ2n) is 6.61. The van der Waals surface area contributed by atoms with Crippen molar-refractivity contribution in [1.82, 2.24) is 0 Å². The van der Waals surface area contributed by atoms with E-state index >= 15 is 0 Å². The van der Waals surface area contributed by atoms with Crippen LogP contribution in [0.1, 0.15) is 47.5 Å². The van der Waals surface area contributed by atoms with Gasteiger partial charge >= 0.3 is 5.97 Å². The fraction of sp³-hybridized carbons (Fsp3) is 0.556. The average molecular weight is 390 g/mol. The van der Waals surface area contributed by atoms with Gasteiger partial charge in [-0.2, -0.15) is 0 Å². The van der Waals surface area contributed by atoms with Gasteiger partial charge in [0.25, 0.3) is 0 Å². The molecule has 1 N–H and O–H groups in total. The first-order valence-electron chi connectivity index (χ1n) is 8.23.